The van der Waals surface area contributed by atoms with Crippen molar-refractivity contribution in [3.8, 4) is 5.75 Å². The smallest absolute Gasteiger partial charge is 0.263 e. The van der Waals surface area contributed by atoms with E-state index in [2.05, 4.69) is 10.2 Å². The monoisotopic (exact) mass is 459 g/mol. The van der Waals surface area contributed by atoms with E-state index in [1.165, 1.54) is 11.8 Å². The second-order valence-electron chi connectivity index (χ2n) is 6.91. The van der Waals surface area contributed by atoms with Gasteiger partial charge in [-0.25, -0.2) is 13.6 Å². The van der Waals surface area contributed by atoms with E-state index in [1.807, 2.05) is 46.9 Å². The van der Waals surface area contributed by atoms with Crippen molar-refractivity contribution < 1.29 is 13.2 Å². The predicted molar refractivity (Wildman–Crippen MR) is 120 cm³/mol. The highest BCUT2D eigenvalue weighted by Crippen LogP contribution is 2.24. The van der Waals surface area contributed by atoms with E-state index < -0.39 is 10.0 Å². The minimum absolute atomic E-state index is 0.101. The summed E-state index contributed by atoms with van der Waals surface area (Å²) >= 11 is 1.37. The zero-order valence-corrected chi connectivity index (χ0v) is 18.4. The number of aromatic nitrogens is 4. The van der Waals surface area contributed by atoms with Gasteiger partial charge in [0, 0.05) is 11.3 Å². The fourth-order valence-electron chi connectivity index (χ4n) is 3.40. The van der Waals surface area contributed by atoms with Crippen LogP contribution in [0.2, 0.25) is 0 Å². The Morgan fingerprint density at radius 2 is 1.84 bits per heavy atom. The predicted octanol–water partition coefficient (Wildman–Crippen LogP) is 1.87. The van der Waals surface area contributed by atoms with Crippen molar-refractivity contribution in [2.75, 3.05) is 18.6 Å². The number of para-hydroxylation sites is 2. The van der Waals surface area contributed by atoms with E-state index in [0.717, 1.165) is 5.56 Å². The molecule has 9 nitrogen and oxygen atoms in total. The van der Waals surface area contributed by atoms with Gasteiger partial charge in [-0.3, -0.25) is 13.8 Å². The largest absolute Gasteiger partial charge is 0.496 e. The molecule has 0 bridgehead atoms. The normalized spacial score (nSPS) is 11.9. The molecule has 0 atom stereocenters. The van der Waals surface area contributed by atoms with E-state index in [-0.39, 0.29) is 17.9 Å². The van der Waals surface area contributed by atoms with E-state index in [0.29, 0.717) is 39.8 Å². The Labute approximate surface area is 182 Å². The fourth-order valence-corrected chi connectivity index (χ4v) is 5.01. The van der Waals surface area contributed by atoms with Gasteiger partial charge in [-0.05, 0) is 24.6 Å². The number of primary sulfonamides is 1. The molecule has 11 heteroatoms. The average molecular weight is 460 g/mol. The summed E-state index contributed by atoms with van der Waals surface area (Å²) in [6.45, 7) is 0.269. The lowest BCUT2D eigenvalue weighted by molar-refractivity contribution is 0.408. The van der Waals surface area contributed by atoms with Crippen LogP contribution in [0.3, 0.4) is 0 Å². The van der Waals surface area contributed by atoms with Gasteiger partial charge in [-0.1, -0.05) is 42.1 Å². The SMILES string of the molecule is COc1ccccc1Cn1c(=O)c2ccccc2n2c(SCCCS(N)(=O)=O)nnc12. The Bertz CT molecular complexity index is 1410. The Hall–Kier alpha value is -2.89. The van der Waals surface area contributed by atoms with Crippen LogP contribution < -0.4 is 15.4 Å². The summed E-state index contributed by atoms with van der Waals surface area (Å²) in [5.41, 5.74) is 1.36. The van der Waals surface area contributed by atoms with Crippen LogP contribution in [0.15, 0.2) is 58.5 Å². The van der Waals surface area contributed by atoms with Crippen molar-refractivity contribution in [2.24, 2.45) is 5.14 Å². The van der Waals surface area contributed by atoms with Crippen molar-refractivity contribution >= 4 is 38.5 Å². The lowest BCUT2D eigenvalue weighted by Gasteiger charge is -2.13. The van der Waals surface area contributed by atoms with Crippen LogP contribution in [-0.2, 0) is 16.6 Å². The molecule has 0 fully saturated rings. The summed E-state index contributed by atoms with van der Waals surface area (Å²) in [5, 5.41) is 14.7. The second-order valence-corrected chi connectivity index (χ2v) is 9.70. The Morgan fingerprint density at radius 3 is 2.61 bits per heavy atom. The fraction of sp³-hybridized carbons (Fsp3) is 0.250. The maximum Gasteiger partial charge on any atom is 0.263 e. The van der Waals surface area contributed by atoms with E-state index in [9.17, 15) is 13.2 Å². The summed E-state index contributed by atoms with van der Waals surface area (Å²) in [6, 6.07) is 14.8. The molecule has 0 amide bonds. The van der Waals surface area contributed by atoms with Crippen molar-refractivity contribution in [2.45, 2.75) is 18.1 Å². The lowest BCUT2D eigenvalue weighted by atomic mass is 10.2. The van der Waals surface area contributed by atoms with Gasteiger partial charge in [0.1, 0.15) is 5.75 Å². The number of hydrogen-bond donors (Lipinski definition) is 1. The van der Waals surface area contributed by atoms with E-state index >= 15 is 0 Å². The Morgan fingerprint density at radius 1 is 1.10 bits per heavy atom. The number of fused-ring (bicyclic) bond motifs is 3. The molecule has 0 unspecified atom stereocenters. The van der Waals surface area contributed by atoms with Crippen LogP contribution in [0.4, 0.5) is 0 Å². The maximum atomic E-state index is 13.3. The molecule has 2 aromatic heterocycles. The number of rotatable bonds is 8. The minimum atomic E-state index is -3.51. The van der Waals surface area contributed by atoms with Gasteiger partial charge >= 0.3 is 0 Å². The van der Waals surface area contributed by atoms with Crippen molar-refractivity contribution in [3.05, 3.63) is 64.4 Å². The molecule has 4 rings (SSSR count). The number of ether oxygens (including phenoxy) is 1. The van der Waals surface area contributed by atoms with E-state index in [1.54, 1.807) is 17.7 Å². The molecular formula is C20H21N5O4S2. The first-order valence-corrected chi connectivity index (χ1v) is 12.2. The number of nitrogens with two attached hydrogens (primary N) is 1. The third kappa shape index (κ3) is 4.43. The quantitative estimate of drug-likeness (QED) is 0.315. The minimum Gasteiger partial charge on any atom is -0.496 e. The van der Waals surface area contributed by atoms with E-state index in [4.69, 9.17) is 9.88 Å². The standard InChI is InChI=1S/C20H21N5O4S2/c1-29-17-10-5-2-7-14(17)13-24-18(26)15-8-3-4-9-16(15)25-19(24)22-23-20(25)30-11-6-12-31(21,27)28/h2-5,7-10H,6,11-13H2,1H3,(H2,21,27,28). The van der Waals surface area contributed by atoms with Crippen LogP contribution >= 0.6 is 11.8 Å². The molecule has 162 valence electrons. The maximum absolute atomic E-state index is 13.3. The summed E-state index contributed by atoms with van der Waals surface area (Å²) in [4.78, 5) is 13.3. The molecular weight excluding hydrogens is 438 g/mol. The molecule has 4 aromatic rings. The molecule has 0 aliphatic rings. The van der Waals surface area contributed by atoms with Gasteiger partial charge in [0.2, 0.25) is 15.8 Å². The molecule has 2 heterocycles. The first-order chi connectivity index (χ1) is 14.9. The Kier molecular flexibility index (Phi) is 5.99. The first-order valence-electron chi connectivity index (χ1n) is 9.51. The molecule has 0 radical (unpaired) electrons. The van der Waals surface area contributed by atoms with Gasteiger partial charge in [0.25, 0.3) is 5.56 Å². The number of nitrogens with zero attached hydrogens (tertiary/aromatic N) is 4. The van der Waals surface area contributed by atoms with Gasteiger partial charge in [-0.2, -0.15) is 0 Å². The highest BCUT2D eigenvalue weighted by molar-refractivity contribution is 7.99. The van der Waals surface area contributed by atoms with Crippen LogP contribution in [0.1, 0.15) is 12.0 Å². The van der Waals surface area contributed by atoms with Crippen LogP contribution in [0.5, 0.6) is 5.75 Å². The van der Waals surface area contributed by atoms with Crippen LogP contribution in [0, 0.1) is 0 Å². The Balaban J connectivity index is 1.80. The third-order valence-electron chi connectivity index (χ3n) is 4.80. The molecule has 0 aliphatic heterocycles. The summed E-state index contributed by atoms with van der Waals surface area (Å²) in [7, 11) is -1.92. The van der Waals surface area contributed by atoms with Gasteiger partial charge in [0.05, 0.1) is 30.3 Å². The molecule has 0 aliphatic carbocycles. The molecule has 0 saturated heterocycles. The summed E-state index contributed by atoms with van der Waals surface area (Å²) in [5.74, 6) is 1.48. The zero-order valence-electron chi connectivity index (χ0n) is 16.8. The number of hydrogen-bond acceptors (Lipinski definition) is 7. The lowest BCUT2D eigenvalue weighted by Crippen LogP contribution is -2.24. The molecule has 0 spiro atoms. The topological polar surface area (TPSA) is 122 Å². The first kappa shape index (κ1) is 21.3. The van der Waals surface area contributed by atoms with Crippen LogP contribution in [-0.4, -0.2) is 46.2 Å². The zero-order chi connectivity index (χ0) is 22.0. The highest BCUT2D eigenvalue weighted by Gasteiger charge is 2.18. The third-order valence-corrected chi connectivity index (χ3v) is 6.68. The number of thioether (sulfide) groups is 1. The van der Waals surface area contributed by atoms with Crippen LogP contribution in [0.25, 0.3) is 16.7 Å². The van der Waals surface area contributed by atoms with Crippen molar-refractivity contribution in [1.82, 2.24) is 19.2 Å². The number of sulfonamides is 1. The summed E-state index contributed by atoms with van der Waals surface area (Å²) < 4.78 is 31.2. The second kappa shape index (κ2) is 8.69. The van der Waals surface area contributed by atoms with Crippen molar-refractivity contribution in [1.29, 1.82) is 0 Å². The average Bonchev–Trinajstić information content (AvgIpc) is 3.18. The van der Waals surface area contributed by atoms with Crippen molar-refractivity contribution in [3.63, 3.8) is 0 Å². The highest BCUT2D eigenvalue weighted by atomic mass is 32.2. The molecule has 0 saturated carbocycles. The number of methoxy groups -OCH3 is 1. The molecule has 2 N–H and O–H groups in total. The van der Waals surface area contributed by atoms with Gasteiger partial charge < -0.3 is 4.74 Å². The summed E-state index contributed by atoms with van der Waals surface area (Å²) in [6.07, 6.45) is 0.386. The number of benzene rings is 2. The molecule has 31 heavy (non-hydrogen) atoms. The molecule has 2 aromatic carbocycles. The van der Waals surface area contributed by atoms with Gasteiger partial charge in [-0.15, -0.1) is 10.2 Å². The van der Waals surface area contributed by atoms with Gasteiger partial charge in [0.15, 0.2) is 5.16 Å².